The van der Waals surface area contributed by atoms with Crippen molar-refractivity contribution in [3.05, 3.63) is 59.5 Å². The summed E-state index contributed by atoms with van der Waals surface area (Å²) in [6.45, 7) is 6.15. The van der Waals surface area contributed by atoms with Crippen molar-refractivity contribution in [2.75, 3.05) is 33.4 Å². The number of hydrogen-bond acceptors (Lipinski definition) is 4. The Bertz CT molecular complexity index is 1070. The molecule has 3 heterocycles. The summed E-state index contributed by atoms with van der Waals surface area (Å²) in [5.74, 6) is -0.0850. The molecule has 7 heteroatoms. The van der Waals surface area contributed by atoms with Gasteiger partial charge in [-0.2, -0.15) is 0 Å². The molecule has 1 aromatic carbocycles. The lowest BCUT2D eigenvalue weighted by Gasteiger charge is -2.39. The van der Waals surface area contributed by atoms with E-state index in [0.717, 1.165) is 10.9 Å². The van der Waals surface area contributed by atoms with E-state index in [9.17, 15) is 9.59 Å². The molecule has 1 aliphatic rings. The third-order valence-corrected chi connectivity index (χ3v) is 5.81. The number of methoxy groups -OCH3 is 1. The van der Waals surface area contributed by atoms with Gasteiger partial charge in [0.15, 0.2) is 0 Å². The summed E-state index contributed by atoms with van der Waals surface area (Å²) in [5, 5.41) is 0.911. The van der Waals surface area contributed by atoms with Crippen LogP contribution in [0.2, 0.25) is 0 Å². The van der Waals surface area contributed by atoms with Gasteiger partial charge in [-0.15, -0.1) is 0 Å². The van der Waals surface area contributed by atoms with Crippen LogP contribution in [-0.2, 0) is 16.1 Å². The van der Waals surface area contributed by atoms with Gasteiger partial charge in [0.2, 0.25) is 11.6 Å². The second kappa shape index (κ2) is 8.36. The highest BCUT2D eigenvalue weighted by Crippen LogP contribution is 2.25. The minimum absolute atomic E-state index is 0.0410. The van der Waals surface area contributed by atoms with Crippen molar-refractivity contribution in [1.82, 2.24) is 14.4 Å². The van der Waals surface area contributed by atoms with Gasteiger partial charge >= 0.3 is 0 Å². The fourth-order valence-corrected chi connectivity index (χ4v) is 4.15. The van der Waals surface area contributed by atoms with Crippen LogP contribution < -0.4 is 0 Å². The number of carbonyl (C=O) groups excluding carboxylic acids is 2. The van der Waals surface area contributed by atoms with E-state index >= 15 is 0 Å². The van der Waals surface area contributed by atoms with E-state index in [1.165, 1.54) is 12.7 Å². The molecule has 1 saturated heterocycles. The molecule has 0 unspecified atom stereocenters. The van der Waals surface area contributed by atoms with E-state index in [1.807, 2.05) is 40.7 Å². The Kier molecular flexibility index (Phi) is 5.63. The van der Waals surface area contributed by atoms with Crippen LogP contribution in [0, 0.1) is 6.92 Å². The Morgan fingerprint density at radius 3 is 2.73 bits per heavy atom. The predicted molar refractivity (Wildman–Crippen MR) is 113 cm³/mol. The fraction of sp³-hybridized carbons (Fsp3) is 0.391. The van der Waals surface area contributed by atoms with Crippen LogP contribution in [0.25, 0.3) is 11.1 Å². The van der Waals surface area contributed by atoms with Gasteiger partial charge in [0.05, 0.1) is 12.8 Å². The largest absolute Gasteiger partial charge is 0.448 e. The van der Waals surface area contributed by atoms with Crippen molar-refractivity contribution in [3.8, 4) is 0 Å². The Balaban J connectivity index is 1.59. The van der Waals surface area contributed by atoms with Gasteiger partial charge in [0.1, 0.15) is 12.3 Å². The lowest BCUT2D eigenvalue weighted by Crippen LogP contribution is -2.56. The van der Waals surface area contributed by atoms with Crippen molar-refractivity contribution in [3.63, 3.8) is 0 Å². The molecule has 0 bridgehead atoms. The van der Waals surface area contributed by atoms with Crippen molar-refractivity contribution in [1.29, 1.82) is 0 Å². The van der Waals surface area contributed by atoms with E-state index in [0.29, 0.717) is 37.6 Å². The zero-order valence-corrected chi connectivity index (χ0v) is 17.6. The molecule has 1 atom stereocenters. The second-order valence-electron chi connectivity index (χ2n) is 7.84. The third-order valence-electron chi connectivity index (χ3n) is 5.81. The molecule has 4 rings (SSSR count). The molecular formula is C23H27N3O4. The number of fused-ring (bicyclic) bond motifs is 1. The van der Waals surface area contributed by atoms with Crippen LogP contribution in [0.5, 0.6) is 0 Å². The lowest BCUT2D eigenvalue weighted by atomic mass is 10.1. The first-order valence-electron chi connectivity index (χ1n) is 10.2. The molecule has 2 aromatic heterocycles. The van der Waals surface area contributed by atoms with Gasteiger partial charge < -0.3 is 23.5 Å². The highest BCUT2D eigenvalue weighted by atomic mass is 16.5. The molecule has 1 aliphatic heterocycles. The summed E-state index contributed by atoms with van der Waals surface area (Å²) >= 11 is 0. The number of hydrogen-bond donors (Lipinski definition) is 0. The summed E-state index contributed by atoms with van der Waals surface area (Å²) in [6.07, 6.45) is 1.65. The molecule has 30 heavy (non-hydrogen) atoms. The number of rotatable bonds is 5. The maximum atomic E-state index is 13.4. The van der Waals surface area contributed by atoms with E-state index in [-0.39, 0.29) is 24.5 Å². The van der Waals surface area contributed by atoms with Gasteiger partial charge in [-0.25, -0.2) is 0 Å². The van der Waals surface area contributed by atoms with E-state index in [2.05, 4.69) is 19.1 Å². The Morgan fingerprint density at radius 1 is 1.20 bits per heavy atom. The van der Waals surface area contributed by atoms with Crippen molar-refractivity contribution >= 4 is 22.9 Å². The summed E-state index contributed by atoms with van der Waals surface area (Å²) in [6, 6.07) is 11.9. The Hall–Kier alpha value is -3.06. The molecule has 158 valence electrons. The number of nitrogens with zero attached hydrogens (tertiary/aromatic N) is 3. The monoisotopic (exact) mass is 409 g/mol. The highest BCUT2D eigenvalue weighted by molar-refractivity contribution is 5.98. The molecule has 0 N–H and O–H groups in total. The van der Waals surface area contributed by atoms with Crippen LogP contribution in [0.4, 0.5) is 0 Å². The topological polar surface area (TPSA) is 67.9 Å². The van der Waals surface area contributed by atoms with Crippen LogP contribution in [-0.4, -0.2) is 65.6 Å². The maximum Gasteiger partial charge on any atom is 0.270 e. The quantitative estimate of drug-likeness (QED) is 0.650. The van der Waals surface area contributed by atoms with Crippen LogP contribution in [0.1, 0.15) is 28.5 Å². The zero-order valence-electron chi connectivity index (χ0n) is 17.6. The molecule has 0 saturated carbocycles. The molecule has 1 fully saturated rings. The minimum Gasteiger partial charge on any atom is -0.448 e. The molecular weight excluding hydrogens is 382 g/mol. The van der Waals surface area contributed by atoms with Crippen LogP contribution in [0.3, 0.4) is 0 Å². The summed E-state index contributed by atoms with van der Waals surface area (Å²) < 4.78 is 12.6. The lowest BCUT2D eigenvalue weighted by molar-refractivity contribution is -0.139. The number of amides is 2. The molecule has 0 spiro atoms. The molecule has 2 amide bonds. The van der Waals surface area contributed by atoms with E-state index in [1.54, 1.807) is 11.2 Å². The second-order valence-corrected chi connectivity index (χ2v) is 7.84. The van der Waals surface area contributed by atoms with Gasteiger partial charge in [-0.05, 0) is 37.1 Å². The van der Waals surface area contributed by atoms with E-state index in [4.69, 9.17) is 9.15 Å². The smallest absolute Gasteiger partial charge is 0.270 e. The van der Waals surface area contributed by atoms with Gasteiger partial charge in [-0.3, -0.25) is 9.59 Å². The average molecular weight is 409 g/mol. The molecule has 3 aromatic rings. The van der Waals surface area contributed by atoms with Gasteiger partial charge in [0, 0.05) is 38.2 Å². The summed E-state index contributed by atoms with van der Waals surface area (Å²) in [4.78, 5) is 29.3. The first kappa shape index (κ1) is 20.2. The third kappa shape index (κ3) is 3.73. The number of aryl methyl sites for hydroxylation is 1. The fourth-order valence-electron chi connectivity index (χ4n) is 4.15. The highest BCUT2D eigenvalue weighted by Gasteiger charge is 2.31. The number of benzene rings is 1. The summed E-state index contributed by atoms with van der Waals surface area (Å²) in [7, 11) is 1.51. The van der Waals surface area contributed by atoms with Gasteiger partial charge in [0.25, 0.3) is 5.91 Å². The van der Waals surface area contributed by atoms with Crippen molar-refractivity contribution in [2.24, 2.45) is 0 Å². The Labute approximate surface area is 175 Å². The van der Waals surface area contributed by atoms with Crippen LogP contribution in [0.15, 0.2) is 47.1 Å². The van der Waals surface area contributed by atoms with Gasteiger partial charge in [-0.1, -0.05) is 24.3 Å². The van der Waals surface area contributed by atoms with Crippen molar-refractivity contribution < 1.29 is 18.7 Å². The zero-order chi connectivity index (χ0) is 21.3. The standard InChI is InChI=1S/C23H27N3O4/c1-16-6-4-5-7-19(16)14-26-20(12-18-8-11-30-23(18)26)22(28)24-9-10-25(17(2)13-24)21(27)15-29-3/h4-8,11-12,17H,9-10,13-15H2,1-3H3/t17-/m0/s1. The summed E-state index contributed by atoms with van der Waals surface area (Å²) in [5.41, 5.74) is 3.62. The minimum atomic E-state index is -0.0619. The number of ether oxygens (including phenoxy) is 1. The first-order valence-corrected chi connectivity index (χ1v) is 10.2. The normalized spacial score (nSPS) is 17.0. The molecule has 0 aliphatic carbocycles. The maximum absolute atomic E-state index is 13.4. The SMILES string of the molecule is COCC(=O)N1CCN(C(=O)c2cc3ccoc3n2Cc2ccccc2C)C[C@@H]1C. The first-order chi connectivity index (χ1) is 14.5. The molecule has 7 nitrogen and oxygen atoms in total. The van der Waals surface area contributed by atoms with E-state index < -0.39 is 0 Å². The number of carbonyl (C=O) groups is 2. The number of aromatic nitrogens is 1. The predicted octanol–water partition coefficient (Wildman–Crippen LogP) is 2.91. The molecule has 0 radical (unpaired) electrons. The van der Waals surface area contributed by atoms with Crippen molar-refractivity contribution in [2.45, 2.75) is 26.4 Å². The number of furan rings is 1. The van der Waals surface area contributed by atoms with Crippen LogP contribution >= 0.6 is 0 Å². The Morgan fingerprint density at radius 2 is 2.00 bits per heavy atom. The number of piperazine rings is 1. The average Bonchev–Trinajstić information content (AvgIpc) is 3.31.